The molecule has 2 nitrogen and oxygen atoms in total. The van der Waals surface area contributed by atoms with Gasteiger partial charge in [-0.3, -0.25) is 0 Å². The fraction of sp³-hybridized carbons (Fsp3) is 0.538. The number of fused-ring (bicyclic) bond motifs is 1. The molecule has 1 fully saturated rings. The Morgan fingerprint density at radius 2 is 1.40 bits per heavy atom. The van der Waals surface area contributed by atoms with Gasteiger partial charge in [0, 0.05) is 12.8 Å². The number of benzene rings is 1. The average molecular weight is 204 g/mol. The minimum absolute atomic E-state index is 0.320. The molecule has 1 aromatic carbocycles. The number of hydrogen-bond donors (Lipinski definition) is 0. The monoisotopic (exact) mass is 204 g/mol. The van der Waals surface area contributed by atoms with E-state index < -0.39 is 0 Å². The molecule has 1 aliphatic carbocycles. The number of rotatable bonds is 0. The quantitative estimate of drug-likeness (QED) is 0.644. The molecule has 0 amide bonds. The Morgan fingerprint density at radius 1 is 0.933 bits per heavy atom. The largest absolute Gasteiger partial charge is 0.347 e. The standard InChI is InChI=1S/C13H16O2/c1-9-3-4-10(2)12-8-13(7-11(9)12)14-5-6-15-13/h3-4H,5-8H2,1-2H3. The van der Waals surface area contributed by atoms with Gasteiger partial charge in [0.05, 0.1) is 13.2 Å². The third-order valence-electron chi connectivity index (χ3n) is 3.61. The lowest BCUT2D eigenvalue weighted by Crippen LogP contribution is -2.30. The molecule has 0 saturated carbocycles. The van der Waals surface area contributed by atoms with Crippen LogP contribution in [0.3, 0.4) is 0 Å². The van der Waals surface area contributed by atoms with E-state index in [1.54, 1.807) is 0 Å². The number of aryl methyl sites for hydroxylation is 2. The smallest absolute Gasteiger partial charge is 0.176 e. The second kappa shape index (κ2) is 3.06. The van der Waals surface area contributed by atoms with Crippen molar-refractivity contribution in [2.24, 2.45) is 0 Å². The van der Waals surface area contributed by atoms with Crippen LogP contribution in [-0.4, -0.2) is 19.0 Å². The number of hydrogen-bond acceptors (Lipinski definition) is 2. The van der Waals surface area contributed by atoms with Crippen molar-refractivity contribution < 1.29 is 9.47 Å². The van der Waals surface area contributed by atoms with E-state index in [-0.39, 0.29) is 5.79 Å². The van der Waals surface area contributed by atoms with Crippen LogP contribution in [0, 0.1) is 13.8 Å². The van der Waals surface area contributed by atoms with Crippen molar-refractivity contribution in [3.63, 3.8) is 0 Å². The fourth-order valence-corrected chi connectivity index (χ4v) is 2.72. The van der Waals surface area contributed by atoms with Gasteiger partial charge in [-0.15, -0.1) is 0 Å². The Hall–Kier alpha value is -0.860. The van der Waals surface area contributed by atoms with E-state index in [0.717, 1.165) is 26.1 Å². The van der Waals surface area contributed by atoms with E-state index in [4.69, 9.17) is 9.47 Å². The average Bonchev–Trinajstić information content (AvgIpc) is 2.82. The third kappa shape index (κ3) is 1.32. The van der Waals surface area contributed by atoms with Crippen molar-refractivity contribution in [2.75, 3.05) is 13.2 Å². The minimum Gasteiger partial charge on any atom is -0.347 e. The summed E-state index contributed by atoms with van der Waals surface area (Å²) in [5, 5.41) is 0. The maximum absolute atomic E-state index is 5.77. The van der Waals surface area contributed by atoms with Crippen molar-refractivity contribution in [2.45, 2.75) is 32.5 Å². The second-order valence-electron chi connectivity index (χ2n) is 4.62. The Labute approximate surface area is 90.2 Å². The molecule has 1 spiro atoms. The minimum atomic E-state index is -0.320. The van der Waals surface area contributed by atoms with Crippen LogP contribution in [0.5, 0.6) is 0 Å². The number of ether oxygens (including phenoxy) is 2. The van der Waals surface area contributed by atoms with Crippen LogP contribution in [0.2, 0.25) is 0 Å². The summed E-state index contributed by atoms with van der Waals surface area (Å²) >= 11 is 0. The van der Waals surface area contributed by atoms with Crippen molar-refractivity contribution in [3.05, 3.63) is 34.4 Å². The van der Waals surface area contributed by atoms with E-state index in [0.29, 0.717) is 0 Å². The molecule has 2 aliphatic rings. The van der Waals surface area contributed by atoms with Crippen LogP contribution in [0.25, 0.3) is 0 Å². The van der Waals surface area contributed by atoms with Crippen LogP contribution < -0.4 is 0 Å². The first-order chi connectivity index (χ1) is 7.20. The van der Waals surface area contributed by atoms with E-state index in [2.05, 4.69) is 26.0 Å². The van der Waals surface area contributed by atoms with Crippen molar-refractivity contribution >= 4 is 0 Å². The highest BCUT2D eigenvalue weighted by Crippen LogP contribution is 2.39. The van der Waals surface area contributed by atoms with Gasteiger partial charge in [0.25, 0.3) is 0 Å². The Bertz CT molecular complexity index is 370. The summed E-state index contributed by atoms with van der Waals surface area (Å²) in [5.74, 6) is -0.320. The summed E-state index contributed by atoms with van der Waals surface area (Å²) in [6.45, 7) is 5.83. The molecule has 0 atom stereocenters. The molecular weight excluding hydrogens is 188 g/mol. The third-order valence-corrected chi connectivity index (χ3v) is 3.61. The fourth-order valence-electron chi connectivity index (χ4n) is 2.72. The zero-order chi connectivity index (χ0) is 10.5. The molecule has 15 heavy (non-hydrogen) atoms. The maximum atomic E-state index is 5.77. The van der Waals surface area contributed by atoms with E-state index in [1.807, 2.05) is 0 Å². The zero-order valence-electron chi connectivity index (χ0n) is 9.30. The van der Waals surface area contributed by atoms with Gasteiger partial charge in [0.2, 0.25) is 0 Å². The summed E-state index contributed by atoms with van der Waals surface area (Å²) in [6, 6.07) is 4.39. The van der Waals surface area contributed by atoms with Crippen LogP contribution in [0.4, 0.5) is 0 Å². The van der Waals surface area contributed by atoms with Crippen molar-refractivity contribution in [3.8, 4) is 0 Å². The molecule has 80 valence electrons. The molecule has 1 aliphatic heterocycles. The Balaban J connectivity index is 2.05. The molecule has 0 bridgehead atoms. The van der Waals surface area contributed by atoms with Crippen LogP contribution in [0.1, 0.15) is 22.3 Å². The van der Waals surface area contributed by atoms with E-state index in [9.17, 15) is 0 Å². The lowest BCUT2D eigenvalue weighted by atomic mass is 10.0. The molecule has 1 saturated heterocycles. The molecule has 1 aromatic rings. The SMILES string of the molecule is Cc1ccc(C)c2c1CC1(C2)OCCO1. The molecule has 2 heteroatoms. The highest BCUT2D eigenvalue weighted by atomic mass is 16.7. The Morgan fingerprint density at radius 3 is 1.87 bits per heavy atom. The summed E-state index contributed by atoms with van der Waals surface area (Å²) in [4.78, 5) is 0. The van der Waals surface area contributed by atoms with E-state index >= 15 is 0 Å². The van der Waals surface area contributed by atoms with Crippen molar-refractivity contribution in [1.82, 2.24) is 0 Å². The lowest BCUT2D eigenvalue weighted by molar-refractivity contribution is -0.147. The summed E-state index contributed by atoms with van der Waals surface area (Å²) in [7, 11) is 0. The van der Waals surface area contributed by atoms with Gasteiger partial charge >= 0.3 is 0 Å². The molecular formula is C13H16O2. The van der Waals surface area contributed by atoms with E-state index in [1.165, 1.54) is 22.3 Å². The van der Waals surface area contributed by atoms with Gasteiger partial charge in [-0.2, -0.15) is 0 Å². The summed E-state index contributed by atoms with van der Waals surface area (Å²) in [6.07, 6.45) is 1.85. The first-order valence-electron chi connectivity index (χ1n) is 5.56. The highest BCUT2D eigenvalue weighted by Gasteiger charge is 2.43. The zero-order valence-corrected chi connectivity index (χ0v) is 9.30. The molecule has 0 N–H and O–H groups in total. The van der Waals surface area contributed by atoms with Gasteiger partial charge < -0.3 is 9.47 Å². The first kappa shape index (κ1) is 9.37. The van der Waals surface area contributed by atoms with Gasteiger partial charge in [-0.25, -0.2) is 0 Å². The van der Waals surface area contributed by atoms with Crippen LogP contribution in [-0.2, 0) is 22.3 Å². The molecule has 0 radical (unpaired) electrons. The van der Waals surface area contributed by atoms with Crippen LogP contribution >= 0.6 is 0 Å². The van der Waals surface area contributed by atoms with Gasteiger partial charge in [-0.05, 0) is 36.1 Å². The maximum Gasteiger partial charge on any atom is 0.176 e. The molecule has 0 aromatic heterocycles. The lowest BCUT2D eigenvalue weighted by Gasteiger charge is -2.20. The predicted octanol–water partition coefficient (Wildman–Crippen LogP) is 2.15. The summed E-state index contributed by atoms with van der Waals surface area (Å²) < 4.78 is 11.5. The van der Waals surface area contributed by atoms with Gasteiger partial charge in [0.15, 0.2) is 5.79 Å². The van der Waals surface area contributed by atoms with Gasteiger partial charge in [0.1, 0.15) is 0 Å². The second-order valence-corrected chi connectivity index (χ2v) is 4.62. The topological polar surface area (TPSA) is 18.5 Å². The summed E-state index contributed by atoms with van der Waals surface area (Å²) in [5.41, 5.74) is 5.62. The normalized spacial score (nSPS) is 22.3. The molecule has 1 heterocycles. The Kier molecular flexibility index (Phi) is 1.91. The molecule has 3 rings (SSSR count). The van der Waals surface area contributed by atoms with Crippen LogP contribution in [0.15, 0.2) is 12.1 Å². The molecule has 0 unspecified atom stereocenters. The predicted molar refractivity (Wildman–Crippen MR) is 58.0 cm³/mol. The van der Waals surface area contributed by atoms with Gasteiger partial charge in [-0.1, -0.05) is 12.1 Å². The first-order valence-corrected chi connectivity index (χ1v) is 5.56. The van der Waals surface area contributed by atoms with Crippen molar-refractivity contribution in [1.29, 1.82) is 0 Å². The highest BCUT2D eigenvalue weighted by molar-refractivity contribution is 5.45.